The van der Waals surface area contributed by atoms with Gasteiger partial charge in [-0.05, 0) is 46.7 Å². The maximum Gasteiger partial charge on any atom is 0.233 e. The van der Waals surface area contributed by atoms with Gasteiger partial charge in [0.2, 0.25) is 5.91 Å². The fraction of sp³-hybridized carbons (Fsp3) is 0.115. The predicted octanol–water partition coefficient (Wildman–Crippen LogP) is 5.63. The SMILES string of the molecule is COc1ccc2nc(N(Cc3ccccn3)C(=O)Cc3cccc4ccccc34)sc2c1. The Labute approximate surface area is 189 Å². The zero-order valence-electron chi connectivity index (χ0n) is 17.6. The number of aromatic nitrogens is 2. The maximum absolute atomic E-state index is 13.6. The van der Waals surface area contributed by atoms with E-state index in [9.17, 15) is 4.79 Å². The molecule has 3 aromatic carbocycles. The third-order valence-corrected chi connectivity index (χ3v) is 6.43. The van der Waals surface area contributed by atoms with Crippen LogP contribution in [0.4, 0.5) is 5.13 Å². The summed E-state index contributed by atoms with van der Waals surface area (Å²) in [6.07, 6.45) is 2.03. The monoisotopic (exact) mass is 439 g/mol. The van der Waals surface area contributed by atoms with Gasteiger partial charge in [-0.2, -0.15) is 0 Å². The van der Waals surface area contributed by atoms with E-state index < -0.39 is 0 Å². The molecule has 6 heteroatoms. The second-order valence-corrected chi connectivity index (χ2v) is 8.46. The summed E-state index contributed by atoms with van der Waals surface area (Å²) in [6.45, 7) is 0.362. The summed E-state index contributed by atoms with van der Waals surface area (Å²) in [5.41, 5.74) is 2.66. The molecule has 32 heavy (non-hydrogen) atoms. The molecule has 158 valence electrons. The first-order chi connectivity index (χ1) is 15.7. The molecule has 5 nitrogen and oxygen atoms in total. The van der Waals surface area contributed by atoms with Crippen molar-refractivity contribution in [3.8, 4) is 5.75 Å². The van der Waals surface area contributed by atoms with E-state index in [0.717, 1.165) is 38.0 Å². The number of ether oxygens (including phenoxy) is 1. The quantitative estimate of drug-likeness (QED) is 0.344. The molecule has 0 bridgehead atoms. The number of methoxy groups -OCH3 is 1. The average molecular weight is 440 g/mol. The molecule has 5 aromatic rings. The highest BCUT2D eigenvalue weighted by Gasteiger charge is 2.22. The number of anilines is 1. The number of benzene rings is 3. The van der Waals surface area contributed by atoms with Crippen molar-refractivity contribution in [2.45, 2.75) is 13.0 Å². The molecule has 0 spiro atoms. The Morgan fingerprint density at radius 3 is 2.69 bits per heavy atom. The van der Waals surface area contributed by atoms with Crippen molar-refractivity contribution in [1.82, 2.24) is 9.97 Å². The van der Waals surface area contributed by atoms with Crippen molar-refractivity contribution in [3.63, 3.8) is 0 Å². The molecule has 5 rings (SSSR count). The van der Waals surface area contributed by atoms with Gasteiger partial charge in [-0.25, -0.2) is 4.98 Å². The second-order valence-electron chi connectivity index (χ2n) is 7.45. The van der Waals surface area contributed by atoms with E-state index in [1.165, 1.54) is 11.3 Å². The highest BCUT2D eigenvalue weighted by atomic mass is 32.1. The molecule has 0 aliphatic carbocycles. The molecule has 0 radical (unpaired) electrons. The van der Waals surface area contributed by atoms with Crippen LogP contribution >= 0.6 is 11.3 Å². The molecule has 0 saturated carbocycles. The minimum Gasteiger partial charge on any atom is -0.497 e. The van der Waals surface area contributed by atoms with Gasteiger partial charge in [-0.15, -0.1) is 0 Å². The molecule has 2 aromatic heterocycles. The molecule has 1 amide bonds. The molecular formula is C26H21N3O2S. The van der Waals surface area contributed by atoms with Gasteiger partial charge in [0.1, 0.15) is 5.75 Å². The summed E-state index contributed by atoms with van der Waals surface area (Å²) in [5, 5.41) is 2.88. The molecule has 0 fully saturated rings. The van der Waals surface area contributed by atoms with Gasteiger partial charge in [-0.1, -0.05) is 59.9 Å². The lowest BCUT2D eigenvalue weighted by Gasteiger charge is -2.20. The number of nitrogens with zero attached hydrogens (tertiary/aromatic N) is 3. The number of amides is 1. The third-order valence-electron chi connectivity index (χ3n) is 5.38. The van der Waals surface area contributed by atoms with Gasteiger partial charge in [-0.3, -0.25) is 14.7 Å². The summed E-state index contributed by atoms with van der Waals surface area (Å²) in [4.78, 5) is 24.5. The van der Waals surface area contributed by atoms with E-state index in [1.54, 1.807) is 18.2 Å². The number of hydrogen-bond donors (Lipinski definition) is 0. The Morgan fingerprint density at radius 2 is 1.84 bits per heavy atom. The van der Waals surface area contributed by atoms with Gasteiger partial charge >= 0.3 is 0 Å². The van der Waals surface area contributed by atoms with Gasteiger partial charge in [0.15, 0.2) is 5.13 Å². The Bertz CT molecular complexity index is 1390. The molecule has 0 atom stereocenters. The van der Waals surface area contributed by atoms with Crippen LogP contribution in [0.5, 0.6) is 5.75 Å². The smallest absolute Gasteiger partial charge is 0.233 e. The van der Waals surface area contributed by atoms with Crippen LogP contribution < -0.4 is 9.64 Å². The predicted molar refractivity (Wildman–Crippen MR) is 129 cm³/mol. The van der Waals surface area contributed by atoms with E-state index in [-0.39, 0.29) is 12.3 Å². The van der Waals surface area contributed by atoms with Crippen LogP contribution in [0.3, 0.4) is 0 Å². The van der Waals surface area contributed by atoms with E-state index in [2.05, 4.69) is 23.2 Å². The zero-order chi connectivity index (χ0) is 21.9. The minimum absolute atomic E-state index is 0.0157. The van der Waals surface area contributed by atoms with Crippen molar-refractivity contribution < 1.29 is 9.53 Å². The van der Waals surface area contributed by atoms with Crippen LogP contribution in [0.25, 0.3) is 21.0 Å². The topological polar surface area (TPSA) is 55.3 Å². The average Bonchev–Trinajstić information content (AvgIpc) is 3.26. The summed E-state index contributed by atoms with van der Waals surface area (Å²) in [7, 11) is 1.64. The van der Waals surface area contributed by atoms with E-state index in [1.807, 2.05) is 60.7 Å². The Kier molecular flexibility index (Phi) is 5.52. The standard InChI is InChI=1S/C26H21N3O2S/c1-31-21-12-13-23-24(16-21)32-26(28-23)29(17-20-10-4-5-14-27-20)25(30)15-19-9-6-8-18-7-2-3-11-22(18)19/h2-14,16H,15,17H2,1H3. The number of carbonyl (C=O) groups excluding carboxylic acids is 1. The highest BCUT2D eigenvalue weighted by Crippen LogP contribution is 2.32. The van der Waals surface area contributed by atoms with E-state index in [4.69, 9.17) is 9.72 Å². The number of carbonyl (C=O) groups is 1. The summed E-state index contributed by atoms with van der Waals surface area (Å²) in [6, 6.07) is 25.7. The normalized spacial score (nSPS) is 11.0. The van der Waals surface area contributed by atoms with Crippen molar-refractivity contribution in [3.05, 3.63) is 96.3 Å². The fourth-order valence-corrected chi connectivity index (χ4v) is 4.77. The first kappa shape index (κ1) is 20.2. The van der Waals surface area contributed by atoms with Crippen molar-refractivity contribution >= 4 is 43.4 Å². The summed E-state index contributed by atoms with van der Waals surface area (Å²) in [5.74, 6) is 0.754. The maximum atomic E-state index is 13.6. The van der Waals surface area contributed by atoms with Crippen molar-refractivity contribution in [1.29, 1.82) is 0 Å². The summed E-state index contributed by atoms with van der Waals surface area (Å²) >= 11 is 1.48. The van der Waals surface area contributed by atoms with Crippen LogP contribution in [0.1, 0.15) is 11.3 Å². The minimum atomic E-state index is -0.0157. The Balaban J connectivity index is 1.52. The van der Waals surface area contributed by atoms with Crippen molar-refractivity contribution in [2.24, 2.45) is 0 Å². The van der Waals surface area contributed by atoms with Gasteiger partial charge < -0.3 is 4.74 Å². The first-order valence-electron chi connectivity index (χ1n) is 10.3. The Hall–Kier alpha value is -3.77. The molecular weight excluding hydrogens is 418 g/mol. The highest BCUT2D eigenvalue weighted by molar-refractivity contribution is 7.22. The molecule has 2 heterocycles. The van der Waals surface area contributed by atoms with E-state index in [0.29, 0.717) is 11.7 Å². The molecule has 0 unspecified atom stereocenters. The van der Waals surface area contributed by atoms with Crippen molar-refractivity contribution in [2.75, 3.05) is 12.0 Å². The molecule has 0 N–H and O–H groups in total. The van der Waals surface area contributed by atoms with Gasteiger partial charge in [0.05, 0.1) is 36.0 Å². The number of thiazole rings is 1. The number of pyridine rings is 1. The fourth-order valence-electron chi connectivity index (χ4n) is 3.76. The van der Waals surface area contributed by atoms with Gasteiger partial charge in [0, 0.05) is 6.20 Å². The molecule has 0 aliphatic heterocycles. The van der Waals surface area contributed by atoms with Crippen LogP contribution in [0.2, 0.25) is 0 Å². The van der Waals surface area contributed by atoms with E-state index >= 15 is 0 Å². The number of rotatable bonds is 6. The number of fused-ring (bicyclic) bond motifs is 2. The lowest BCUT2D eigenvalue weighted by Crippen LogP contribution is -2.32. The van der Waals surface area contributed by atoms with Gasteiger partial charge in [0.25, 0.3) is 0 Å². The first-order valence-corrected chi connectivity index (χ1v) is 11.1. The number of hydrogen-bond acceptors (Lipinski definition) is 5. The molecule has 0 aliphatic rings. The van der Waals surface area contributed by atoms with Crippen LogP contribution in [0.15, 0.2) is 85.1 Å². The van der Waals surface area contributed by atoms with Crippen LogP contribution in [-0.4, -0.2) is 23.0 Å². The van der Waals surface area contributed by atoms with Crippen LogP contribution in [-0.2, 0) is 17.8 Å². The Morgan fingerprint density at radius 1 is 1.00 bits per heavy atom. The zero-order valence-corrected chi connectivity index (χ0v) is 18.4. The summed E-state index contributed by atoms with van der Waals surface area (Å²) < 4.78 is 6.32. The molecule has 0 saturated heterocycles. The van der Waals surface area contributed by atoms with Crippen LogP contribution in [0, 0.1) is 0 Å². The lowest BCUT2D eigenvalue weighted by atomic mass is 10.0. The second kappa shape index (κ2) is 8.77. The third kappa shape index (κ3) is 4.05. The largest absolute Gasteiger partial charge is 0.497 e. The lowest BCUT2D eigenvalue weighted by molar-refractivity contribution is -0.118.